The third-order valence-electron chi connectivity index (χ3n) is 4.69. The van der Waals surface area contributed by atoms with Crippen LogP contribution in [0.2, 0.25) is 0 Å². The zero-order valence-corrected chi connectivity index (χ0v) is 14.1. The summed E-state index contributed by atoms with van der Waals surface area (Å²) in [5.41, 5.74) is 4.46. The Morgan fingerprint density at radius 1 is 1.00 bits per heavy atom. The van der Waals surface area contributed by atoms with Crippen LogP contribution in [0.4, 0.5) is 5.95 Å². The van der Waals surface area contributed by atoms with Crippen LogP contribution >= 0.6 is 0 Å². The molecule has 0 radical (unpaired) electrons. The van der Waals surface area contributed by atoms with Crippen LogP contribution in [0.5, 0.6) is 0 Å². The Morgan fingerprint density at radius 2 is 1.79 bits per heavy atom. The summed E-state index contributed by atoms with van der Waals surface area (Å²) in [5.74, 6) is 0.643. The van der Waals surface area contributed by atoms with Crippen molar-refractivity contribution in [2.24, 2.45) is 0 Å². The number of hydrogen-bond acceptors (Lipinski definition) is 4. The minimum absolute atomic E-state index is 0.643. The Labute approximate surface area is 142 Å². The van der Waals surface area contributed by atoms with Crippen LogP contribution in [0.1, 0.15) is 24.8 Å². The van der Waals surface area contributed by atoms with Crippen LogP contribution in [0.15, 0.2) is 42.5 Å². The van der Waals surface area contributed by atoms with Gasteiger partial charge < -0.3 is 5.32 Å². The predicted molar refractivity (Wildman–Crippen MR) is 97.1 cm³/mol. The number of nitrogens with zero attached hydrogens (tertiary/aromatic N) is 4. The minimum Gasteiger partial charge on any atom is -0.356 e. The van der Waals surface area contributed by atoms with Crippen LogP contribution in [0, 0.1) is 0 Å². The van der Waals surface area contributed by atoms with Crippen molar-refractivity contribution in [2.45, 2.75) is 25.8 Å². The van der Waals surface area contributed by atoms with Gasteiger partial charge in [0.05, 0.1) is 5.69 Å². The van der Waals surface area contributed by atoms with Crippen LogP contribution in [0.25, 0.3) is 16.9 Å². The molecule has 1 aromatic carbocycles. The second-order valence-electron chi connectivity index (χ2n) is 6.40. The van der Waals surface area contributed by atoms with Gasteiger partial charge in [-0.2, -0.15) is 4.98 Å². The molecule has 124 valence electrons. The topological polar surface area (TPSA) is 45.5 Å². The molecule has 0 amide bonds. The van der Waals surface area contributed by atoms with Gasteiger partial charge in [-0.05, 0) is 43.6 Å². The number of fused-ring (bicyclic) bond motifs is 1. The first-order valence-electron chi connectivity index (χ1n) is 8.69. The molecule has 0 saturated carbocycles. The molecule has 5 heteroatoms. The number of nitrogens with one attached hydrogen (secondary N) is 1. The lowest BCUT2D eigenvalue weighted by Gasteiger charge is -2.26. The highest BCUT2D eigenvalue weighted by Crippen LogP contribution is 2.22. The molecule has 3 heterocycles. The Kier molecular flexibility index (Phi) is 4.17. The second-order valence-corrected chi connectivity index (χ2v) is 6.40. The molecule has 0 atom stereocenters. The van der Waals surface area contributed by atoms with Crippen LogP contribution in [0.3, 0.4) is 0 Å². The number of aromatic nitrogens is 3. The van der Waals surface area contributed by atoms with E-state index in [1.807, 2.05) is 23.7 Å². The third kappa shape index (κ3) is 2.99. The molecule has 1 fully saturated rings. The molecule has 1 aliphatic rings. The van der Waals surface area contributed by atoms with Gasteiger partial charge in [0.25, 0.3) is 0 Å². The van der Waals surface area contributed by atoms with Gasteiger partial charge in [0, 0.05) is 19.2 Å². The Morgan fingerprint density at radius 3 is 2.54 bits per heavy atom. The molecule has 1 N–H and O–H groups in total. The van der Waals surface area contributed by atoms with E-state index < -0.39 is 0 Å². The lowest BCUT2D eigenvalue weighted by atomic mass is 10.1. The molecule has 1 saturated heterocycles. The van der Waals surface area contributed by atoms with Crippen molar-refractivity contribution in [3.05, 3.63) is 48.0 Å². The van der Waals surface area contributed by atoms with E-state index in [2.05, 4.69) is 50.6 Å². The third-order valence-corrected chi connectivity index (χ3v) is 4.69. The Bertz CT molecular complexity index is 815. The average molecular weight is 321 g/mol. The van der Waals surface area contributed by atoms with E-state index >= 15 is 0 Å². The summed E-state index contributed by atoms with van der Waals surface area (Å²) in [6.07, 6.45) is 4.05. The normalized spacial score (nSPS) is 15.7. The first kappa shape index (κ1) is 15.1. The maximum atomic E-state index is 4.51. The summed E-state index contributed by atoms with van der Waals surface area (Å²) in [6, 6.07) is 14.9. The Balaban J connectivity index is 1.59. The van der Waals surface area contributed by atoms with E-state index in [-0.39, 0.29) is 0 Å². The fourth-order valence-electron chi connectivity index (χ4n) is 3.39. The minimum atomic E-state index is 0.643. The van der Waals surface area contributed by atoms with Crippen LogP contribution in [-0.2, 0) is 6.54 Å². The van der Waals surface area contributed by atoms with Gasteiger partial charge in [0.2, 0.25) is 5.95 Å². The van der Waals surface area contributed by atoms with Gasteiger partial charge in [-0.25, -0.2) is 4.52 Å². The molecule has 2 aromatic heterocycles. The monoisotopic (exact) mass is 321 g/mol. The van der Waals surface area contributed by atoms with E-state index in [1.54, 1.807) is 0 Å². The van der Waals surface area contributed by atoms with E-state index in [1.165, 1.54) is 37.9 Å². The zero-order valence-electron chi connectivity index (χ0n) is 14.1. The predicted octanol–water partition coefficient (Wildman–Crippen LogP) is 3.42. The number of rotatable bonds is 4. The number of anilines is 1. The number of likely N-dealkylation sites (tertiary alicyclic amines) is 1. The van der Waals surface area contributed by atoms with Gasteiger partial charge in [-0.1, -0.05) is 36.8 Å². The number of benzene rings is 1. The van der Waals surface area contributed by atoms with Crippen molar-refractivity contribution in [3.8, 4) is 11.3 Å². The Hall–Kier alpha value is -2.40. The quantitative estimate of drug-likeness (QED) is 0.800. The van der Waals surface area contributed by atoms with Crippen molar-refractivity contribution < 1.29 is 0 Å². The highest BCUT2D eigenvalue weighted by Gasteiger charge is 2.11. The molecular weight excluding hydrogens is 298 g/mol. The second kappa shape index (κ2) is 6.61. The molecule has 0 bridgehead atoms. The average Bonchev–Trinajstić information content (AvgIpc) is 3.07. The smallest absolute Gasteiger partial charge is 0.242 e. The van der Waals surface area contributed by atoms with Crippen LogP contribution < -0.4 is 5.32 Å². The number of piperidine rings is 1. The van der Waals surface area contributed by atoms with Gasteiger partial charge in [-0.3, -0.25) is 4.90 Å². The summed E-state index contributed by atoms with van der Waals surface area (Å²) in [6.45, 7) is 3.51. The summed E-state index contributed by atoms with van der Waals surface area (Å²) >= 11 is 0. The molecule has 1 aliphatic heterocycles. The van der Waals surface area contributed by atoms with Crippen molar-refractivity contribution in [1.29, 1.82) is 0 Å². The zero-order chi connectivity index (χ0) is 16.4. The number of hydrogen-bond donors (Lipinski definition) is 1. The lowest BCUT2D eigenvalue weighted by molar-refractivity contribution is 0.221. The molecule has 0 spiro atoms. The van der Waals surface area contributed by atoms with E-state index in [0.717, 1.165) is 23.4 Å². The molecule has 3 aromatic rings. The highest BCUT2D eigenvalue weighted by molar-refractivity contribution is 5.64. The lowest BCUT2D eigenvalue weighted by Crippen LogP contribution is -2.29. The van der Waals surface area contributed by atoms with Gasteiger partial charge in [0.15, 0.2) is 5.65 Å². The largest absolute Gasteiger partial charge is 0.356 e. The van der Waals surface area contributed by atoms with E-state index in [0.29, 0.717) is 5.95 Å². The maximum Gasteiger partial charge on any atom is 0.242 e. The fraction of sp³-hybridized carbons (Fsp3) is 0.368. The van der Waals surface area contributed by atoms with Crippen molar-refractivity contribution in [3.63, 3.8) is 0 Å². The SMILES string of the molecule is CNc1nc2cccc(-c3ccc(CN4CCCCC4)cc3)n2n1. The first-order chi connectivity index (χ1) is 11.8. The maximum absolute atomic E-state index is 4.51. The molecule has 0 unspecified atom stereocenters. The molecule has 24 heavy (non-hydrogen) atoms. The summed E-state index contributed by atoms with van der Waals surface area (Å²) in [5, 5.41) is 7.51. The summed E-state index contributed by atoms with van der Waals surface area (Å²) < 4.78 is 1.89. The molecule has 0 aliphatic carbocycles. The van der Waals surface area contributed by atoms with E-state index in [9.17, 15) is 0 Å². The molecule has 4 rings (SSSR count). The van der Waals surface area contributed by atoms with Crippen LogP contribution in [-0.4, -0.2) is 39.6 Å². The molecule has 5 nitrogen and oxygen atoms in total. The molecular formula is C19H23N5. The van der Waals surface area contributed by atoms with Gasteiger partial charge in [-0.15, -0.1) is 5.10 Å². The highest BCUT2D eigenvalue weighted by atomic mass is 15.3. The summed E-state index contributed by atoms with van der Waals surface area (Å²) in [7, 11) is 1.84. The number of pyridine rings is 1. The summed E-state index contributed by atoms with van der Waals surface area (Å²) in [4.78, 5) is 7.00. The van der Waals surface area contributed by atoms with Gasteiger partial charge >= 0.3 is 0 Å². The van der Waals surface area contributed by atoms with Gasteiger partial charge in [0.1, 0.15) is 0 Å². The standard InChI is InChI=1S/C19H23N5/c1-20-19-21-18-7-5-6-17(24(18)22-19)16-10-8-15(9-11-16)14-23-12-3-2-4-13-23/h5-11H,2-4,12-14H2,1H3,(H,20,22). The van der Waals surface area contributed by atoms with E-state index in [4.69, 9.17) is 0 Å². The first-order valence-corrected chi connectivity index (χ1v) is 8.69. The fourth-order valence-corrected chi connectivity index (χ4v) is 3.39. The van der Waals surface area contributed by atoms with Crippen molar-refractivity contribution >= 4 is 11.6 Å². The van der Waals surface area contributed by atoms with Crippen molar-refractivity contribution in [1.82, 2.24) is 19.5 Å². The van der Waals surface area contributed by atoms with Crippen molar-refractivity contribution in [2.75, 3.05) is 25.5 Å².